The molecule has 0 aliphatic carbocycles. The first-order valence-electron chi connectivity index (χ1n) is 2.60. The van der Waals surface area contributed by atoms with Gasteiger partial charge in [-0.25, -0.2) is 4.79 Å². The Labute approximate surface area is 64.7 Å². The molecule has 0 saturated carbocycles. The highest BCUT2D eigenvalue weighted by Gasteiger charge is 2.08. The van der Waals surface area contributed by atoms with Gasteiger partial charge in [-0.1, -0.05) is 6.58 Å². The molecule has 0 saturated heterocycles. The van der Waals surface area contributed by atoms with Gasteiger partial charge >= 0.3 is 5.97 Å². The smallest absolute Gasteiger partial charge is 0.333 e. The summed E-state index contributed by atoms with van der Waals surface area (Å²) in [5.41, 5.74) is 0. The quantitative estimate of drug-likeness (QED) is 0.437. The Bertz CT molecular complexity index is 240. The zero-order valence-corrected chi connectivity index (χ0v) is 6.76. The molecule has 0 aliphatic rings. The summed E-state index contributed by atoms with van der Waals surface area (Å²) in [5, 5.41) is 0.607. The molecule has 11 heavy (non-hydrogen) atoms. The van der Waals surface area contributed by atoms with Crippen LogP contribution in [0.3, 0.4) is 0 Å². The van der Waals surface area contributed by atoms with E-state index in [-0.39, 0.29) is 0 Å². The summed E-state index contributed by atoms with van der Waals surface area (Å²) in [7, 11) is -2.63. The SMILES string of the molecule is C=CS(=O)(=O)OCC(=O)OC. The first-order valence-corrected chi connectivity index (χ1v) is 4.07. The number of methoxy groups -OCH3 is 1. The van der Waals surface area contributed by atoms with Crippen molar-refractivity contribution in [1.29, 1.82) is 0 Å². The summed E-state index contributed by atoms with van der Waals surface area (Å²) >= 11 is 0. The number of hydrogen-bond donors (Lipinski definition) is 0. The molecular formula is C5H8O5S. The molecule has 5 nitrogen and oxygen atoms in total. The van der Waals surface area contributed by atoms with E-state index in [1.54, 1.807) is 0 Å². The van der Waals surface area contributed by atoms with Crippen LogP contribution in [0.1, 0.15) is 0 Å². The number of carbonyl (C=O) groups excluding carboxylic acids is 1. The average Bonchev–Trinajstić information content (AvgIpc) is 2.00. The van der Waals surface area contributed by atoms with E-state index >= 15 is 0 Å². The van der Waals surface area contributed by atoms with Crippen LogP contribution in [0.25, 0.3) is 0 Å². The molecule has 0 fully saturated rings. The number of hydrogen-bond acceptors (Lipinski definition) is 5. The lowest BCUT2D eigenvalue weighted by Gasteiger charge is -1.98. The molecular weight excluding hydrogens is 172 g/mol. The monoisotopic (exact) mass is 180 g/mol. The second-order valence-corrected chi connectivity index (χ2v) is 3.05. The highest BCUT2D eigenvalue weighted by Crippen LogP contribution is 1.92. The van der Waals surface area contributed by atoms with Crippen LogP contribution >= 0.6 is 0 Å². The second-order valence-electron chi connectivity index (χ2n) is 1.50. The van der Waals surface area contributed by atoms with Crippen LogP contribution in [0.15, 0.2) is 12.0 Å². The zero-order chi connectivity index (χ0) is 8.91. The Hall–Kier alpha value is -0.880. The van der Waals surface area contributed by atoms with Gasteiger partial charge in [0.1, 0.15) is 0 Å². The fraction of sp³-hybridized carbons (Fsp3) is 0.400. The van der Waals surface area contributed by atoms with Crippen LogP contribution in [0.2, 0.25) is 0 Å². The fourth-order valence-electron chi connectivity index (χ4n) is 0.237. The summed E-state index contributed by atoms with van der Waals surface area (Å²) in [4.78, 5) is 10.3. The molecule has 0 radical (unpaired) electrons. The lowest BCUT2D eigenvalue weighted by Crippen LogP contribution is -2.13. The van der Waals surface area contributed by atoms with Gasteiger partial charge in [0.15, 0.2) is 6.61 Å². The van der Waals surface area contributed by atoms with E-state index in [2.05, 4.69) is 15.5 Å². The van der Waals surface area contributed by atoms with E-state index in [0.717, 1.165) is 7.11 Å². The summed E-state index contributed by atoms with van der Waals surface area (Å²) in [6, 6.07) is 0. The molecule has 0 aromatic rings. The average molecular weight is 180 g/mol. The first kappa shape index (κ1) is 10.1. The zero-order valence-electron chi connectivity index (χ0n) is 5.94. The normalized spacial score (nSPS) is 10.6. The van der Waals surface area contributed by atoms with E-state index in [0.29, 0.717) is 5.41 Å². The Morgan fingerprint density at radius 3 is 2.55 bits per heavy atom. The van der Waals surface area contributed by atoms with Gasteiger partial charge < -0.3 is 4.74 Å². The third-order valence-electron chi connectivity index (χ3n) is 0.773. The molecule has 0 aliphatic heterocycles. The third-order valence-corrected chi connectivity index (χ3v) is 1.63. The van der Waals surface area contributed by atoms with E-state index in [4.69, 9.17) is 0 Å². The lowest BCUT2D eigenvalue weighted by molar-refractivity contribution is -0.142. The molecule has 64 valence electrons. The number of ether oxygens (including phenoxy) is 1. The molecule has 6 heteroatoms. The third kappa shape index (κ3) is 4.51. The maximum Gasteiger partial charge on any atom is 0.333 e. The molecule has 0 unspecified atom stereocenters. The molecule has 0 N–H and O–H groups in total. The lowest BCUT2D eigenvalue weighted by atomic mass is 10.8. The predicted molar refractivity (Wildman–Crippen MR) is 37.1 cm³/mol. The molecule has 0 atom stereocenters. The Morgan fingerprint density at radius 1 is 1.64 bits per heavy atom. The van der Waals surface area contributed by atoms with Crippen LogP contribution in [-0.2, 0) is 23.8 Å². The molecule has 0 heterocycles. The number of carbonyl (C=O) groups is 1. The minimum absolute atomic E-state index is 0.607. The Balaban J connectivity index is 3.90. The highest BCUT2D eigenvalue weighted by molar-refractivity contribution is 7.89. The van der Waals surface area contributed by atoms with E-state index in [1.807, 2.05) is 0 Å². The minimum Gasteiger partial charge on any atom is -0.467 e. The van der Waals surface area contributed by atoms with Crippen molar-refractivity contribution in [2.45, 2.75) is 0 Å². The number of rotatable bonds is 4. The van der Waals surface area contributed by atoms with E-state index < -0.39 is 22.7 Å². The highest BCUT2D eigenvalue weighted by atomic mass is 32.2. The molecule has 0 spiro atoms. The Morgan fingerprint density at radius 2 is 2.18 bits per heavy atom. The topological polar surface area (TPSA) is 69.7 Å². The van der Waals surface area contributed by atoms with Gasteiger partial charge in [-0.3, -0.25) is 4.18 Å². The van der Waals surface area contributed by atoms with Crippen LogP contribution in [0, 0.1) is 0 Å². The summed E-state index contributed by atoms with van der Waals surface area (Å²) in [6.45, 7) is 2.35. The van der Waals surface area contributed by atoms with Crippen LogP contribution < -0.4 is 0 Å². The van der Waals surface area contributed by atoms with Crippen LogP contribution in [0.5, 0.6) is 0 Å². The fourth-order valence-corrected chi connectivity index (χ4v) is 0.594. The van der Waals surface area contributed by atoms with Crippen molar-refractivity contribution < 1.29 is 22.1 Å². The number of esters is 1. The van der Waals surface area contributed by atoms with Crippen LogP contribution in [-0.4, -0.2) is 28.1 Å². The first-order chi connectivity index (χ1) is 5.02. The standard InChI is InChI=1S/C5H8O5S/c1-3-11(7,8)10-4-5(6)9-2/h3H,1,4H2,2H3. The molecule has 0 aromatic heterocycles. The summed E-state index contributed by atoms with van der Waals surface area (Å²) in [5.74, 6) is -0.754. The molecule has 0 rings (SSSR count). The predicted octanol–water partition coefficient (Wildman–Crippen LogP) is -0.351. The van der Waals surface area contributed by atoms with Crippen molar-refractivity contribution in [1.82, 2.24) is 0 Å². The van der Waals surface area contributed by atoms with Gasteiger partial charge in [0.25, 0.3) is 10.1 Å². The minimum atomic E-state index is -3.76. The van der Waals surface area contributed by atoms with Crippen molar-refractivity contribution in [2.75, 3.05) is 13.7 Å². The summed E-state index contributed by atoms with van der Waals surface area (Å²) in [6.07, 6.45) is 0. The largest absolute Gasteiger partial charge is 0.467 e. The van der Waals surface area contributed by atoms with Gasteiger partial charge in [-0.05, 0) is 0 Å². The Kier molecular flexibility index (Phi) is 3.77. The van der Waals surface area contributed by atoms with Crippen molar-refractivity contribution in [3.63, 3.8) is 0 Å². The summed E-state index contributed by atoms with van der Waals surface area (Å²) < 4.78 is 29.2. The van der Waals surface area contributed by atoms with Crippen molar-refractivity contribution in [2.24, 2.45) is 0 Å². The maximum absolute atomic E-state index is 10.5. The molecule has 0 aromatic carbocycles. The van der Waals surface area contributed by atoms with Gasteiger partial charge in [-0.15, -0.1) is 0 Å². The molecule has 0 amide bonds. The van der Waals surface area contributed by atoms with Crippen LogP contribution in [0.4, 0.5) is 0 Å². The second kappa shape index (κ2) is 4.09. The van der Waals surface area contributed by atoms with Crippen molar-refractivity contribution in [3.05, 3.63) is 12.0 Å². The van der Waals surface area contributed by atoms with Gasteiger partial charge in [0, 0.05) is 0 Å². The van der Waals surface area contributed by atoms with Gasteiger partial charge in [-0.2, -0.15) is 8.42 Å². The van der Waals surface area contributed by atoms with Gasteiger partial charge in [0.2, 0.25) is 0 Å². The maximum atomic E-state index is 10.5. The van der Waals surface area contributed by atoms with E-state index in [1.165, 1.54) is 0 Å². The van der Waals surface area contributed by atoms with Crippen molar-refractivity contribution in [3.8, 4) is 0 Å². The van der Waals surface area contributed by atoms with E-state index in [9.17, 15) is 13.2 Å². The molecule has 0 bridgehead atoms. The van der Waals surface area contributed by atoms with Crippen molar-refractivity contribution >= 4 is 16.1 Å². The van der Waals surface area contributed by atoms with Gasteiger partial charge in [0.05, 0.1) is 12.5 Å².